The minimum Gasteiger partial charge on any atom is -0.453 e. The van der Waals surface area contributed by atoms with E-state index in [2.05, 4.69) is 20.3 Å². The van der Waals surface area contributed by atoms with Gasteiger partial charge in [0.1, 0.15) is 0 Å². The lowest BCUT2D eigenvalue weighted by Gasteiger charge is -2.04. The first-order valence-corrected chi connectivity index (χ1v) is 7.19. The predicted molar refractivity (Wildman–Crippen MR) is 77.8 cm³/mol. The predicted octanol–water partition coefficient (Wildman–Crippen LogP) is 1.54. The Morgan fingerprint density at radius 1 is 1.30 bits per heavy atom. The standard InChI is InChI=1S/C15H12N4O4/c20-13-10-4-2-1-3-9(10)12(17-18-13)15(21)22-7-11-16-14(23-19-11)8-5-6-8/h1-4,8H,5-7H2,(H,18,20). The maximum absolute atomic E-state index is 12.2. The van der Waals surface area contributed by atoms with Gasteiger partial charge in [-0.25, -0.2) is 9.89 Å². The Kier molecular flexibility index (Phi) is 3.14. The number of H-pyrrole nitrogens is 1. The largest absolute Gasteiger partial charge is 0.453 e. The Hall–Kier alpha value is -3.03. The molecule has 2 aromatic heterocycles. The molecule has 0 amide bonds. The van der Waals surface area contributed by atoms with Crippen molar-refractivity contribution < 1.29 is 14.1 Å². The highest BCUT2D eigenvalue weighted by molar-refractivity contribution is 6.01. The van der Waals surface area contributed by atoms with Crippen LogP contribution in [0, 0.1) is 0 Å². The summed E-state index contributed by atoms with van der Waals surface area (Å²) in [4.78, 5) is 28.1. The van der Waals surface area contributed by atoms with Crippen molar-refractivity contribution in [2.24, 2.45) is 0 Å². The van der Waals surface area contributed by atoms with E-state index in [1.165, 1.54) is 0 Å². The number of aromatic amines is 1. The smallest absolute Gasteiger partial charge is 0.359 e. The van der Waals surface area contributed by atoms with Gasteiger partial charge in [-0.2, -0.15) is 10.1 Å². The van der Waals surface area contributed by atoms with Crippen molar-refractivity contribution in [3.8, 4) is 0 Å². The number of nitrogens with one attached hydrogen (secondary N) is 1. The molecule has 0 spiro atoms. The van der Waals surface area contributed by atoms with Gasteiger partial charge in [0.2, 0.25) is 11.7 Å². The first-order valence-electron chi connectivity index (χ1n) is 7.19. The fourth-order valence-corrected chi connectivity index (χ4v) is 2.29. The lowest BCUT2D eigenvalue weighted by atomic mass is 10.1. The van der Waals surface area contributed by atoms with Crippen LogP contribution in [0.15, 0.2) is 33.6 Å². The Balaban J connectivity index is 1.54. The molecule has 1 saturated carbocycles. The third-order valence-corrected chi connectivity index (χ3v) is 3.63. The zero-order valence-corrected chi connectivity index (χ0v) is 12.0. The molecule has 3 aromatic rings. The highest BCUT2D eigenvalue weighted by Crippen LogP contribution is 2.38. The summed E-state index contributed by atoms with van der Waals surface area (Å²) in [6.07, 6.45) is 2.10. The van der Waals surface area contributed by atoms with Crippen LogP contribution in [0.4, 0.5) is 0 Å². The maximum Gasteiger partial charge on any atom is 0.359 e. The molecule has 2 heterocycles. The number of carbonyl (C=O) groups excluding carboxylic acids is 1. The van der Waals surface area contributed by atoms with E-state index in [1.54, 1.807) is 24.3 Å². The molecule has 0 bridgehead atoms. The maximum atomic E-state index is 12.2. The Morgan fingerprint density at radius 2 is 2.09 bits per heavy atom. The van der Waals surface area contributed by atoms with Crippen molar-refractivity contribution in [3.05, 3.63) is 52.0 Å². The van der Waals surface area contributed by atoms with Crippen LogP contribution in [0.1, 0.15) is 41.0 Å². The molecule has 0 atom stereocenters. The number of nitrogens with zero attached hydrogens (tertiary/aromatic N) is 3. The van der Waals surface area contributed by atoms with Crippen molar-refractivity contribution in [2.75, 3.05) is 0 Å². The second-order valence-electron chi connectivity index (χ2n) is 5.35. The van der Waals surface area contributed by atoms with Crippen molar-refractivity contribution in [1.82, 2.24) is 20.3 Å². The molecule has 8 nitrogen and oxygen atoms in total. The van der Waals surface area contributed by atoms with E-state index in [-0.39, 0.29) is 17.9 Å². The average molecular weight is 312 g/mol. The number of hydrogen-bond acceptors (Lipinski definition) is 7. The second kappa shape index (κ2) is 5.31. The summed E-state index contributed by atoms with van der Waals surface area (Å²) in [6, 6.07) is 6.70. The van der Waals surface area contributed by atoms with E-state index in [1.807, 2.05) is 0 Å². The molecule has 8 heteroatoms. The number of aromatic nitrogens is 4. The van der Waals surface area contributed by atoms with Crippen LogP contribution in [0.3, 0.4) is 0 Å². The highest BCUT2D eigenvalue weighted by atomic mass is 16.5. The van der Waals surface area contributed by atoms with Gasteiger partial charge in [0, 0.05) is 11.3 Å². The molecule has 4 rings (SSSR count). The molecule has 1 fully saturated rings. The second-order valence-corrected chi connectivity index (χ2v) is 5.35. The minimum atomic E-state index is -0.657. The van der Waals surface area contributed by atoms with Gasteiger partial charge in [-0.15, -0.1) is 0 Å². The molecule has 1 N–H and O–H groups in total. The third-order valence-electron chi connectivity index (χ3n) is 3.63. The number of hydrogen-bond donors (Lipinski definition) is 1. The monoisotopic (exact) mass is 312 g/mol. The summed E-state index contributed by atoms with van der Waals surface area (Å²) < 4.78 is 10.3. The van der Waals surface area contributed by atoms with Crippen LogP contribution in [0.5, 0.6) is 0 Å². The SMILES string of the molecule is O=C(OCc1noc(C2CC2)n1)c1n[nH]c(=O)c2ccccc12. The first kappa shape index (κ1) is 13.6. The normalized spacial score (nSPS) is 14.1. The average Bonchev–Trinajstić information content (AvgIpc) is 3.32. The molecule has 1 aliphatic carbocycles. The van der Waals surface area contributed by atoms with Gasteiger partial charge >= 0.3 is 5.97 Å². The lowest BCUT2D eigenvalue weighted by molar-refractivity contribution is 0.0454. The topological polar surface area (TPSA) is 111 Å². The van der Waals surface area contributed by atoms with Crippen molar-refractivity contribution in [1.29, 1.82) is 0 Å². The lowest BCUT2D eigenvalue weighted by Crippen LogP contribution is -2.16. The fraction of sp³-hybridized carbons (Fsp3) is 0.267. The number of ether oxygens (including phenoxy) is 1. The summed E-state index contributed by atoms with van der Waals surface area (Å²) >= 11 is 0. The molecular weight excluding hydrogens is 300 g/mol. The third kappa shape index (κ3) is 2.59. The van der Waals surface area contributed by atoms with Crippen LogP contribution in [0.2, 0.25) is 0 Å². The van der Waals surface area contributed by atoms with Crippen LogP contribution < -0.4 is 5.56 Å². The van der Waals surface area contributed by atoms with Crippen molar-refractivity contribution in [3.63, 3.8) is 0 Å². The highest BCUT2D eigenvalue weighted by Gasteiger charge is 2.29. The molecule has 0 aliphatic heterocycles. The summed E-state index contributed by atoms with van der Waals surface area (Å²) in [5.41, 5.74) is -0.310. The Morgan fingerprint density at radius 3 is 2.87 bits per heavy atom. The van der Waals surface area contributed by atoms with Gasteiger partial charge < -0.3 is 9.26 Å². The number of esters is 1. The summed E-state index contributed by atoms with van der Waals surface area (Å²) in [7, 11) is 0. The molecule has 1 aromatic carbocycles. The van der Waals surface area contributed by atoms with Crippen molar-refractivity contribution >= 4 is 16.7 Å². The van der Waals surface area contributed by atoms with E-state index < -0.39 is 5.97 Å². The van der Waals surface area contributed by atoms with Gasteiger partial charge in [-0.1, -0.05) is 23.4 Å². The van der Waals surface area contributed by atoms with E-state index in [9.17, 15) is 9.59 Å². The van der Waals surface area contributed by atoms with Gasteiger partial charge in [0.05, 0.1) is 5.39 Å². The van der Waals surface area contributed by atoms with Gasteiger partial charge in [0.25, 0.3) is 5.56 Å². The van der Waals surface area contributed by atoms with E-state index in [0.29, 0.717) is 28.4 Å². The minimum absolute atomic E-state index is 0.0473. The number of rotatable bonds is 4. The van der Waals surface area contributed by atoms with Gasteiger partial charge in [-0.05, 0) is 18.9 Å². The van der Waals surface area contributed by atoms with Crippen LogP contribution in [0.25, 0.3) is 10.8 Å². The molecule has 0 radical (unpaired) electrons. The molecule has 0 unspecified atom stereocenters. The molecule has 116 valence electrons. The first-order chi connectivity index (χ1) is 11.2. The van der Waals surface area contributed by atoms with E-state index >= 15 is 0 Å². The van der Waals surface area contributed by atoms with Gasteiger partial charge in [0.15, 0.2) is 12.3 Å². The molecule has 23 heavy (non-hydrogen) atoms. The fourth-order valence-electron chi connectivity index (χ4n) is 2.29. The summed E-state index contributed by atoms with van der Waals surface area (Å²) in [5, 5.41) is 10.7. The Bertz CT molecular complexity index is 942. The van der Waals surface area contributed by atoms with E-state index in [0.717, 1.165) is 12.8 Å². The zero-order chi connectivity index (χ0) is 15.8. The Labute approximate surface area is 129 Å². The molecule has 0 saturated heterocycles. The van der Waals surface area contributed by atoms with Crippen LogP contribution in [-0.4, -0.2) is 26.3 Å². The van der Waals surface area contributed by atoms with Crippen LogP contribution in [-0.2, 0) is 11.3 Å². The number of benzene rings is 1. The zero-order valence-electron chi connectivity index (χ0n) is 12.0. The molecule has 1 aliphatic rings. The molecular formula is C15H12N4O4. The number of fused-ring (bicyclic) bond motifs is 1. The van der Waals surface area contributed by atoms with Gasteiger partial charge in [-0.3, -0.25) is 4.79 Å². The summed E-state index contributed by atoms with van der Waals surface area (Å²) in [6.45, 7) is -0.107. The van der Waals surface area contributed by atoms with Crippen molar-refractivity contribution in [2.45, 2.75) is 25.4 Å². The summed E-state index contributed by atoms with van der Waals surface area (Å²) in [5.74, 6) is 0.588. The van der Waals surface area contributed by atoms with E-state index in [4.69, 9.17) is 9.26 Å². The van der Waals surface area contributed by atoms with Crippen LogP contribution >= 0.6 is 0 Å². The quantitative estimate of drug-likeness (QED) is 0.727. The number of carbonyl (C=O) groups is 1.